The van der Waals surface area contributed by atoms with Crippen LogP contribution in [-0.2, 0) is 6.42 Å². The van der Waals surface area contributed by atoms with Gasteiger partial charge in [-0.2, -0.15) is 0 Å². The van der Waals surface area contributed by atoms with Gasteiger partial charge in [-0.25, -0.2) is 4.98 Å². The molecular formula is C9H12BrClN2. The third-order valence-corrected chi connectivity index (χ3v) is 2.62. The fourth-order valence-electron chi connectivity index (χ4n) is 1.05. The van der Waals surface area contributed by atoms with Crippen LogP contribution < -0.4 is 5.73 Å². The second kappa shape index (κ2) is 4.29. The van der Waals surface area contributed by atoms with Crippen molar-refractivity contribution in [3.63, 3.8) is 0 Å². The fourth-order valence-corrected chi connectivity index (χ4v) is 1.70. The summed E-state index contributed by atoms with van der Waals surface area (Å²) < 4.78 is 0.933. The Bertz CT molecular complexity index is 313. The largest absolute Gasteiger partial charge is 0.396 e. The Morgan fingerprint density at radius 3 is 2.77 bits per heavy atom. The van der Waals surface area contributed by atoms with Crippen molar-refractivity contribution in [2.75, 3.05) is 5.73 Å². The van der Waals surface area contributed by atoms with E-state index in [9.17, 15) is 0 Å². The standard InChI is InChI=1S/C9H12BrClN2/c1-5(2)3-8-6(10)4-7(12)9(11)13-8/h4-5H,3,12H2,1-2H3. The second-order valence-corrected chi connectivity index (χ2v) is 4.61. The number of halogens is 2. The lowest BCUT2D eigenvalue weighted by atomic mass is 10.1. The molecule has 1 heterocycles. The summed E-state index contributed by atoms with van der Waals surface area (Å²) in [6, 6.07) is 1.80. The Hall–Kier alpha value is -0.280. The van der Waals surface area contributed by atoms with Gasteiger partial charge in [0.25, 0.3) is 0 Å². The predicted octanol–water partition coefficient (Wildman–Crippen LogP) is 3.28. The molecule has 4 heteroatoms. The minimum Gasteiger partial charge on any atom is -0.396 e. The molecule has 0 atom stereocenters. The van der Waals surface area contributed by atoms with Crippen molar-refractivity contribution in [1.82, 2.24) is 4.98 Å². The van der Waals surface area contributed by atoms with Gasteiger partial charge in [0, 0.05) is 4.47 Å². The Labute approximate surface area is 91.6 Å². The summed E-state index contributed by atoms with van der Waals surface area (Å²) in [5.41, 5.74) is 7.08. The van der Waals surface area contributed by atoms with Crippen LogP contribution in [0.1, 0.15) is 19.5 Å². The number of aromatic nitrogens is 1. The van der Waals surface area contributed by atoms with E-state index < -0.39 is 0 Å². The lowest BCUT2D eigenvalue weighted by molar-refractivity contribution is 0.633. The first-order valence-electron chi connectivity index (χ1n) is 4.11. The molecule has 0 spiro atoms. The molecule has 0 aromatic carbocycles. The highest BCUT2D eigenvalue weighted by molar-refractivity contribution is 9.10. The van der Waals surface area contributed by atoms with Crippen LogP contribution in [0.2, 0.25) is 5.15 Å². The molecule has 0 saturated heterocycles. The van der Waals surface area contributed by atoms with Gasteiger partial charge in [-0.15, -0.1) is 0 Å². The van der Waals surface area contributed by atoms with E-state index in [1.165, 1.54) is 0 Å². The van der Waals surface area contributed by atoms with Gasteiger partial charge >= 0.3 is 0 Å². The van der Waals surface area contributed by atoms with Crippen molar-refractivity contribution in [3.05, 3.63) is 21.4 Å². The van der Waals surface area contributed by atoms with Gasteiger partial charge in [-0.1, -0.05) is 25.4 Å². The summed E-state index contributed by atoms with van der Waals surface area (Å²) in [4.78, 5) is 4.21. The first-order chi connectivity index (χ1) is 6.00. The fraction of sp³-hybridized carbons (Fsp3) is 0.444. The molecule has 2 nitrogen and oxygen atoms in total. The highest BCUT2D eigenvalue weighted by Gasteiger charge is 2.07. The molecule has 0 aliphatic carbocycles. The molecule has 1 aromatic heterocycles. The molecule has 0 aliphatic rings. The molecule has 13 heavy (non-hydrogen) atoms. The Balaban J connectivity index is 3.01. The van der Waals surface area contributed by atoms with Crippen LogP contribution in [-0.4, -0.2) is 4.98 Å². The minimum atomic E-state index is 0.388. The van der Waals surface area contributed by atoms with E-state index in [-0.39, 0.29) is 0 Å². The molecule has 0 saturated carbocycles. The third kappa shape index (κ3) is 2.85. The average Bonchev–Trinajstić information content (AvgIpc) is 1.99. The second-order valence-electron chi connectivity index (χ2n) is 3.39. The summed E-state index contributed by atoms with van der Waals surface area (Å²) in [7, 11) is 0. The van der Waals surface area contributed by atoms with Crippen LogP contribution >= 0.6 is 27.5 Å². The van der Waals surface area contributed by atoms with Gasteiger partial charge in [-0.3, -0.25) is 0 Å². The topological polar surface area (TPSA) is 38.9 Å². The lowest BCUT2D eigenvalue weighted by Crippen LogP contribution is -2.00. The molecule has 0 radical (unpaired) electrons. The maximum atomic E-state index is 5.81. The number of nitrogens with zero attached hydrogens (tertiary/aromatic N) is 1. The number of nitrogens with two attached hydrogens (primary N) is 1. The van der Waals surface area contributed by atoms with Crippen molar-refractivity contribution in [2.24, 2.45) is 5.92 Å². The van der Waals surface area contributed by atoms with E-state index >= 15 is 0 Å². The van der Waals surface area contributed by atoms with Crippen LogP contribution in [0.4, 0.5) is 5.69 Å². The van der Waals surface area contributed by atoms with Crippen molar-refractivity contribution in [1.29, 1.82) is 0 Å². The summed E-state index contributed by atoms with van der Waals surface area (Å²) >= 11 is 9.22. The van der Waals surface area contributed by atoms with E-state index in [4.69, 9.17) is 17.3 Å². The van der Waals surface area contributed by atoms with Gasteiger partial charge < -0.3 is 5.73 Å². The molecule has 0 amide bonds. The van der Waals surface area contributed by atoms with Crippen LogP contribution in [0, 0.1) is 5.92 Å². The molecule has 0 aliphatic heterocycles. The van der Waals surface area contributed by atoms with Crippen molar-refractivity contribution < 1.29 is 0 Å². The minimum absolute atomic E-state index is 0.388. The van der Waals surface area contributed by atoms with E-state index in [2.05, 4.69) is 34.8 Å². The molecule has 1 rings (SSSR count). The summed E-state index contributed by atoms with van der Waals surface area (Å²) in [5.74, 6) is 0.559. The highest BCUT2D eigenvalue weighted by Crippen LogP contribution is 2.25. The Morgan fingerprint density at radius 1 is 1.62 bits per heavy atom. The van der Waals surface area contributed by atoms with Gasteiger partial charge in [0.1, 0.15) is 0 Å². The number of nitrogen functional groups attached to an aromatic ring is 1. The summed E-state index contributed by atoms with van der Waals surface area (Å²) in [6.45, 7) is 4.27. The maximum Gasteiger partial charge on any atom is 0.152 e. The van der Waals surface area contributed by atoms with E-state index in [0.29, 0.717) is 16.8 Å². The highest BCUT2D eigenvalue weighted by atomic mass is 79.9. The number of pyridine rings is 1. The zero-order valence-corrected chi connectivity index (χ0v) is 9.98. The van der Waals surface area contributed by atoms with Crippen molar-refractivity contribution >= 4 is 33.2 Å². The Morgan fingerprint density at radius 2 is 2.23 bits per heavy atom. The SMILES string of the molecule is CC(C)Cc1nc(Cl)c(N)cc1Br. The van der Waals surface area contributed by atoms with Crippen molar-refractivity contribution in [2.45, 2.75) is 20.3 Å². The molecule has 72 valence electrons. The van der Waals surface area contributed by atoms with Crippen molar-refractivity contribution in [3.8, 4) is 0 Å². The van der Waals surface area contributed by atoms with Gasteiger partial charge in [0.15, 0.2) is 5.15 Å². The van der Waals surface area contributed by atoms with Crippen LogP contribution in [0.5, 0.6) is 0 Å². The summed E-state index contributed by atoms with van der Waals surface area (Å²) in [6.07, 6.45) is 0.903. The molecule has 0 fully saturated rings. The van der Waals surface area contributed by atoms with E-state index in [0.717, 1.165) is 16.6 Å². The first kappa shape index (κ1) is 10.8. The number of hydrogen-bond donors (Lipinski definition) is 1. The number of rotatable bonds is 2. The quantitative estimate of drug-likeness (QED) is 0.832. The monoisotopic (exact) mass is 262 g/mol. The summed E-state index contributed by atoms with van der Waals surface area (Å²) in [5, 5.41) is 0.388. The van der Waals surface area contributed by atoms with Crippen LogP contribution in [0.15, 0.2) is 10.5 Å². The lowest BCUT2D eigenvalue weighted by Gasteiger charge is -2.08. The van der Waals surface area contributed by atoms with E-state index in [1.807, 2.05) is 0 Å². The number of hydrogen-bond acceptors (Lipinski definition) is 2. The number of anilines is 1. The van der Waals surface area contributed by atoms with E-state index in [1.54, 1.807) is 6.07 Å². The smallest absolute Gasteiger partial charge is 0.152 e. The normalized spacial score (nSPS) is 10.8. The molecule has 1 aromatic rings. The van der Waals surface area contributed by atoms with Gasteiger partial charge in [-0.05, 0) is 34.3 Å². The van der Waals surface area contributed by atoms with Crippen LogP contribution in [0.25, 0.3) is 0 Å². The van der Waals surface area contributed by atoms with Gasteiger partial charge in [0.05, 0.1) is 11.4 Å². The first-order valence-corrected chi connectivity index (χ1v) is 5.28. The maximum absolute atomic E-state index is 5.81. The third-order valence-electron chi connectivity index (χ3n) is 1.63. The molecule has 2 N–H and O–H groups in total. The Kier molecular flexibility index (Phi) is 3.56. The molecule has 0 bridgehead atoms. The zero-order valence-electron chi connectivity index (χ0n) is 7.64. The molecular weight excluding hydrogens is 251 g/mol. The average molecular weight is 264 g/mol. The van der Waals surface area contributed by atoms with Gasteiger partial charge in [0.2, 0.25) is 0 Å². The molecule has 0 unspecified atom stereocenters. The van der Waals surface area contributed by atoms with Crippen LogP contribution in [0.3, 0.4) is 0 Å². The predicted molar refractivity (Wildman–Crippen MR) is 59.9 cm³/mol. The zero-order chi connectivity index (χ0) is 10.0.